The average Bonchev–Trinajstić information content (AvgIpc) is 2.36. The second-order valence-corrected chi connectivity index (χ2v) is 5.40. The summed E-state index contributed by atoms with van der Waals surface area (Å²) in [6.07, 6.45) is 0. The number of aryl methyl sites for hydroxylation is 2. The Morgan fingerprint density at radius 1 is 0.900 bits per heavy atom. The van der Waals surface area contributed by atoms with Crippen molar-refractivity contribution >= 4 is 17.3 Å². The molecule has 0 saturated carbocycles. The number of hydrogen-bond acceptors (Lipinski definition) is 4. The molecule has 0 aliphatic carbocycles. The molecule has 0 radical (unpaired) electrons. The van der Waals surface area contributed by atoms with Crippen molar-refractivity contribution in [1.82, 2.24) is 9.97 Å². The zero-order valence-corrected chi connectivity index (χ0v) is 12.8. The van der Waals surface area contributed by atoms with Crippen molar-refractivity contribution in [2.75, 3.05) is 17.7 Å². The molecule has 0 saturated heterocycles. The van der Waals surface area contributed by atoms with E-state index in [9.17, 15) is 0 Å². The first-order valence-electron chi connectivity index (χ1n) is 6.90. The molecular weight excluding hydrogens is 248 g/mol. The van der Waals surface area contributed by atoms with Crippen molar-refractivity contribution in [2.24, 2.45) is 0 Å². The van der Waals surface area contributed by atoms with E-state index in [2.05, 4.69) is 66.5 Å². The zero-order valence-electron chi connectivity index (χ0n) is 12.8. The van der Waals surface area contributed by atoms with Crippen LogP contribution in [-0.4, -0.2) is 17.0 Å². The lowest BCUT2D eigenvalue weighted by atomic mass is 10.1. The van der Waals surface area contributed by atoms with Crippen LogP contribution >= 0.6 is 0 Å². The lowest BCUT2D eigenvalue weighted by molar-refractivity contribution is 0.778. The average molecular weight is 270 g/mol. The maximum Gasteiger partial charge on any atom is 0.136 e. The van der Waals surface area contributed by atoms with E-state index in [1.54, 1.807) is 0 Å². The predicted molar refractivity (Wildman–Crippen MR) is 84.9 cm³/mol. The monoisotopic (exact) mass is 270 g/mol. The van der Waals surface area contributed by atoms with Gasteiger partial charge in [-0.15, -0.1) is 0 Å². The minimum atomic E-state index is 0.295. The summed E-state index contributed by atoms with van der Waals surface area (Å²) in [4.78, 5) is 9.04. The van der Waals surface area contributed by atoms with E-state index in [1.807, 2.05) is 13.1 Å². The van der Waals surface area contributed by atoms with Crippen LogP contribution in [0.3, 0.4) is 0 Å². The summed E-state index contributed by atoms with van der Waals surface area (Å²) in [5.41, 5.74) is 3.52. The Hall–Kier alpha value is -2.10. The van der Waals surface area contributed by atoms with Crippen LogP contribution in [0.25, 0.3) is 0 Å². The van der Waals surface area contributed by atoms with E-state index in [0.717, 1.165) is 23.1 Å². The summed E-state index contributed by atoms with van der Waals surface area (Å²) in [5.74, 6) is 2.78. The van der Waals surface area contributed by atoms with Crippen LogP contribution < -0.4 is 10.6 Å². The van der Waals surface area contributed by atoms with Gasteiger partial charge < -0.3 is 10.6 Å². The van der Waals surface area contributed by atoms with E-state index in [4.69, 9.17) is 0 Å². The Balaban J connectivity index is 2.34. The minimum absolute atomic E-state index is 0.295. The van der Waals surface area contributed by atoms with Gasteiger partial charge in [-0.2, -0.15) is 0 Å². The first-order valence-corrected chi connectivity index (χ1v) is 6.90. The number of rotatable bonds is 4. The maximum atomic E-state index is 4.57. The Labute approximate surface area is 120 Å². The van der Waals surface area contributed by atoms with Gasteiger partial charge in [-0.1, -0.05) is 19.9 Å². The molecule has 2 aromatic rings. The third-order valence-electron chi connectivity index (χ3n) is 3.01. The van der Waals surface area contributed by atoms with Crippen LogP contribution in [0.2, 0.25) is 0 Å². The van der Waals surface area contributed by atoms with E-state index in [0.29, 0.717) is 5.92 Å². The molecule has 2 rings (SSSR count). The van der Waals surface area contributed by atoms with Gasteiger partial charge in [-0.3, -0.25) is 0 Å². The number of nitrogens with one attached hydrogen (secondary N) is 2. The largest absolute Gasteiger partial charge is 0.373 e. The highest BCUT2D eigenvalue weighted by Gasteiger charge is 2.08. The van der Waals surface area contributed by atoms with Crippen LogP contribution in [-0.2, 0) is 0 Å². The van der Waals surface area contributed by atoms with Crippen molar-refractivity contribution in [2.45, 2.75) is 33.6 Å². The predicted octanol–water partition coefficient (Wildman–Crippen LogP) is 4.00. The molecule has 106 valence electrons. The van der Waals surface area contributed by atoms with Crippen LogP contribution in [0.15, 0.2) is 24.3 Å². The van der Waals surface area contributed by atoms with Crippen molar-refractivity contribution in [3.63, 3.8) is 0 Å². The van der Waals surface area contributed by atoms with Crippen LogP contribution in [0.1, 0.15) is 36.7 Å². The number of hydrogen-bond donors (Lipinski definition) is 2. The summed E-state index contributed by atoms with van der Waals surface area (Å²) in [5, 5.41) is 6.44. The van der Waals surface area contributed by atoms with Gasteiger partial charge in [0.25, 0.3) is 0 Å². The molecule has 20 heavy (non-hydrogen) atoms. The summed E-state index contributed by atoms with van der Waals surface area (Å²) < 4.78 is 0. The molecule has 1 heterocycles. The smallest absolute Gasteiger partial charge is 0.136 e. The Morgan fingerprint density at radius 3 is 2.05 bits per heavy atom. The summed E-state index contributed by atoms with van der Waals surface area (Å²) in [6, 6.07) is 8.31. The van der Waals surface area contributed by atoms with Gasteiger partial charge in [0.05, 0.1) is 0 Å². The standard InChI is InChI=1S/C16H22N4/c1-10(2)16-19-14(17-5)9-15(20-16)18-13-7-11(3)6-12(4)8-13/h6-10H,1-5H3,(H2,17,18,19,20). The fourth-order valence-electron chi connectivity index (χ4n) is 2.11. The highest BCUT2D eigenvalue weighted by Crippen LogP contribution is 2.22. The SMILES string of the molecule is CNc1cc(Nc2cc(C)cc(C)c2)nc(C(C)C)n1. The fraction of sp³-hybridized carbons (Fsp3) is 0.375. The summed E-state index contributed by atoms with van der Waals surface area (Å²) >= 11 is 0. The van der Waals surface area contributed by atoms with E-state index in [-0.39, 0.29) is 0 Å². The second kappa shape index (κ2) is 5.90. The van der Waals surface area contributed by atoms with Crippen molar-refractivity contribution in [3.8, 4) is 0 Å². The fourth-order valence-corrected chi connectivity index (χ4v) is 2.11. The Morgan fingerprint density at radius 2 is 1.50 bits per heavy atom. The third-order valence-corrected chi connectivity index (χ3v) is 3.01. The van der Waals surface area contributed by atoms with E-state index >= 15 is 0 Å². The van der Waals surface area contributed by atoms with Gasteiger partial charge in [0.2, 0.25) is 0 Å². The quantitative estimate of drug-likeness (QED) is 0.881. The van der Waals surface area contributed by atoms with Gasteiger partial charge in [0.15, 0.2) is 0 Å². The Kier molecular flexibility index (Phi) is 4.23. The van der Waals surface area contributed by atoms with Crippen LogP contribution in [0, 0.1) is 13.8 Å². The van der Waals surface area contributed by atoms with Gasteiger partial charge in [0.1, 0.15) is 17.5 Å². The number of anilines is 3. The normalized spacial score (nSPS) is 10.7. The van der Waals surface area contributed by atoms with E-state index in [1.165, 1.54) is 11.1 Å². The molecule has 0 spiro atoms. The van der Waals surface area contributed by atoms with Crippen LogP contribution in [0.4, 0.5) is 17.3 Å². The number of aromatic nitrogens is 2. The molecule has 0 fully saturated rings. The molecule has 1 aromatic heterocycles. The molecule has 0 bridgehead atoms. The molecule has 0 aliphatic heterocycles. The molecule has 4 nitrogen and oxygen atoms in total. The number of benzene rings is 1. The zero-order chi connectivity index (χ0) is 14.7. The van der Waals surface area contributed by atoms with Gasteiger partial charge >= 0.3 is 0 Å². The minimum Gasteiger partial charge on any atom is -0.373 e. The topological polar surface area (TPSA) is 49.8 Å². The molecule has 0 atom stereocenters. The molecule has 0 amide bonds. The lowest BCUT2D eigenvalue weighted by Gasteiger charge is -2.12. The molecule has 0 aliphatic rings. The molecule has 0 unspecified atom stereocenters. The van der Waals surface area contributed by atoms with Gasteiger partial charge in [-0.25, -0.2) is 9.97 Å². The Bertz CT molecular complexity index is 585. The van der Waals surface area contributed by atoms with Gasteiger partial charge in [0, 0.05) is 24.7 Å². The summed E-state index contributed by atoms with van der Waals surface area (Å²) in [6.45, 7) is 8.37. The molecule has 2 N–H and O–H groups in total. The van der Waals surface area contributed by atoms with Crippen molar-refractivity contribution < 1.29 is 0 Å². The highest BCUT2D eigenvalue weighted by molar-refractivity contribution is 5.60. The lowest BCUT2D eigenvalue weighted by Crippen LogP contribution is -2.05. The highest BCUT2D eigenvalue weighted by atomic mass is 15.1. The maximum absolute atomic E-state index is 4.57. The summed E-state index contributed by atoms with van der Waals surface area (Å²) in [7, 11) is 1.87. The van der Waals surface area contributed by atoms with Crippen molar-refractivity contribution in [3.05, 3.63) is 41.2 Å². The molecule has 1 aromatic carbocycles. The van der Waals surface area contributed by atoms with Crippen molar-refractivity contribution in [1.29, 1.82) is 0 Å². The number of nitrogens with zero attached hydrogens (tertiary/aromatic N) is 2. The first kappa shape index (κ1) is 14.3. The third kappa shape index (κ3) is 3.47. The molecule has 4 heteroatoms. The first-order chi connectivity index (χ1) is 9.47. The second-order valence-electron chi connectivity index (χ2n) is 5.40. The molecular formula is C16H22N4. The van der Waals surface area contributed by atoms with Gasteiger partial charge in [-0.05, 0) is 37.1 Å². The van der Waals surface area contributed by atoms with E-state index < -0.39 is 0 Å². The van der Waals surface area contributed by atoms with Crippen LogP contribution in [0.5, 0.6) is 0 Å².